The van der Waals surface area contributed by atoms with E-state index in [1.54, 1.807) is 0 Å². The first kappa shape index (κ1) is 15.3. The quantitative estimate of drug-likeness (QED) is 0.558. The van der Waals surface area contributed by atoms with E-state index in [4.69, 9.17) is 4.74 Å². The molecule has 0 saturated heterocycles. The fraction of sp³-hybridized carbons (Fsp3) is 0.938. The lowest BCUT2D eigenvalue weighted by Crippen LogP contribution is -2.54. The van der Waals surface area contributed by atoms with Gasteiger partial charge in [-0.3, -0.25) is 4.79 Å². The highest BCUT2D eigenvalue weighted by atomic mass is 79.9. The van der Waals surface area contributed by atoms with Crippen molar-refractivity contribution in [2.24, 2.45) is 23.7 Å². The zero-order chi connectivity index (χ0) is 14.0. The van der Waals surface area contributed by atoms with E-state index >= 15 is 0 Å². The van der Waals surface area contributed by atoms with Crippen LogP contribution in [0.5, 0.6) is 0 Å². The Balaban J connectivity index is 2.22. The summed E-state index contributed by atoms with van der Waals surface area (Å²) in [5.74, 6) is 2.69. The number of hydrogen-bond donors (Lipinski definition) is 0. The minimum absolute atomic E-state index is 0.0919. The van der Waals surface area contributed by atoms with Gasteiger partial charge in [-0.05, 0) is 55.8 Å². The summed E-state index contributed by atoms with van der Waals surface area (Å²) in [7, 11) is 0. The van der Waals surface area contributed by atoms with Crippen LogP contribution in [0.3, 0.4) is 0 Å². The minimum atomic E-state index is -0.199. The SMILES string of the molecule is CCC1CC2CC(C)C(CC)(OC(=O)CBr)C(C1)C2. The van der Waals surface area contributed by atoms with Crippen molar-refractivity contribution >= 4 is 21.9 Å². The normalized spacial score (nSPS) is 41.9. The van der Waals surface area contributed by atoms with Gasteiger partial charge in [0.1, 0.15) is 10.9 Å². The predicted molar refractivity (Wildman–Crippen MR) is 81.3 cm³/mol. The summed E-state index contributed by atoms with van der Waals surface area (Å²) < 4.78 is 5.98. The highest BCUT2D eigenvalue weighted by Gasteiger charge is 2.52. The van der Waals surface area contributed by atoms with Gasteiger partial charge in [0.15, 0.2) is 0 Å². The Labute approximate surface area is 125 Å². The Bertz CT molecular complexity index is 329. The van der Waals surface area contributed by atoms with E-state index in [0.29, 0.717) is 17.2 Å². The Morgan fingerprint density at radius 1 is 1.26 bits per heavy atom. The van der Waals surface area contributed by atoms with E-state index in [2.05, 4.69) is 36.7 Å². The fourth-order valence-corrected chi connectivity index (χ4v) is 4.84. The Kier molecular flexibility index (Phi) is 4.97. The fourth-order valence-electron chi connectivity index (χ4n) is 4.72. The van der Waals surface area contributed by atoms with Gasteiger partial charge in [-0.15, -0.1) is 0 Å². The average Bonchev–Trinajstić information content (AvgIpc) is 2.42. The van der Waals surface area contributed by atoms with Crippen LogP contribution in [0.2, 0.25) is 0 Å². The van der Waals surface area contributed by atoms with E-state index in [-0.39, 0.29) is 11.6 Å². The molecule has 2 aliphatic rings. The number of esters is 1. The maximum atomic E-state index is 11.8. The summed E-state index contributed by atoms with van der Waals surface area (Å²) in [5.41, 5.74) is -0.199. The number of ether oxygens (including phenoxy) is 1. The molecule has 2 aliphatic carbocycles. The maximum Gasteiger partial charge on any atom is 0.317 e. The van der Waals surface area contributed by atoms with Crippen LogP contribution in [0.25, 0.3) is 0 Å². The van der Waals surface area contributed by atoms with Crippen molar-refractivity contribution in [3.8, 4) is 0 Å². The van der Waals surface area contributed by atoms with Gasteiger partial charge in [-0.2, -0.15) is 0 Å². The highest BCUT2D eigenvalue weighted by Crippen LogP contribution is 2.53. The number of carbonyl (C=O) groups is 1. The van der Waals surface area contributed by atoms with E-state index in [0.717, 1.165) is 18.3 Å². The molecule has 0 radical (unpaired) electrons. The van der Waals surface area contributed by atoms with Gasteiger partial charge < -0.3 is 4.74 Å². The summed E-state index contributed by atoms with van der Waals surface area (Å²) in [6.45, 7) is 6.78. The smallest absolute Gasteiger partial charge is 0.317 e. The minimum Gasteiger partial charge on any atom is -0.458 e. The summed E-state index contributed by atoms with van der Waals surface area (Å²) >= 11 is 3.23. The molecule has 0 aromatic carbocycles. The molecule has 3 heteroatoms. The predicted octanol–water partition coefficient (Wildman–Crippen LogP) is 4.56. The third-order valence-corrected chi connectivity index (χ3v) is 6.12. The van der Waals surface area contributed by atoms with Crippen LogP contribution in [0.15, 0.2) is 0 Å². The maximum absolute atomic E-state index is 11.8. The zero-order valence-corrected chi connectivity index (χ0v) is 14.0. The lowest BCUT2D eigenvalue weighted by molar-refractivity contribution is -0.188. The molecule has 2 nitrogen and oxygen atoms in total. The van der Waals surface area contributed by atoms with E-state index < -0.39 is 0 Å². The van der Waals surface area contributed by atoms with Crippen LogP contribution in [-0.4, -0.2) is 16.9 Å². The first-order chi connectivity index (χ1) is 9.05. The van der Waals surface area contributed by atoms with Crippen molar-refractivity contribution in [2.75, 3.05) is 5.33 Å². The summed E-state index contributed by atoms with van der Waals surface area (Å²) in [5, 5.41) is 0.314. The molecule has 19 heavy (non-hydrogen) atoms. The molecule has 2 saturated carbocycles. The van der Waals surface area contributed by atoms with Gasteiger partial charge in [0, 0.05) is 0 Å². The van der Waals surface area contributed by atoms with Crippen molar-refractivity contribution in [3.63, 3.8) is 0 Å². The van der Waals surface area contributed by atoms with E-state index in [9.17, 15) is 4.79 Å². The second-order valence-electron chi connectivity index (χ2n) is 6.60. The van der Waals surface area contributed by atoms with Crippen molar-refractivity contribution in [2.45, 2.75) is 64.9 Å². The topological polar surface area (TPSA) is 26.3 Å². The second-order valence-corrected chi connectivity index (χ2v) is 7.16. The van der Waals surface area contributed by atoms with E-state index in [1.807, 2.05) is 0 Å². The third-order valence-electron chi connectivity index (χ3n) is 5.66. The standard InChI is InChI=1S/C16H27BrO2/c1-4-12-7-13-6-11(3)16(5-2,14(8-12)9-13)19-15(18)10-17/h11-14H,4-10H2,1-3H3. The molecule has 0 aliphatic heterocycles. The van der Waals surface area contributed by atoms with Gasteiger partial charge >= 0.3 is 5.97 Å². The van der Waals surface area contributed by atoms with Gasteiger partial charge in [-0.25, -0.2) is 0 Å². The first-order valence-electron chi connectivity index (χ1n) is 7.83. The molecule has 2 fully saturated rings. The number of alkyl halides is 1. The monoisotopic (exact) mass is 330 g/mol. The third kappa shape index (κ3) is 2.86. The summed E-state index contributed by atoms with van der Waals surface area (Å²) in [6.07, 6.45) is 7.37. The number of halogens is 1. The summed E-state index contributed by atoms with van der Waals surface area (Å²) in [4.78, 5) is 11.8. The summed E-state index contributed by atoms with van der Waals surface area (Å²) in [6, 6.07) is 0. The Morgan fingerprint density at radius 2 is 2.00 bits per heavy atom. The van der Waals surface area contributed by atoms with E-state index in [1.165, 1.54) is 32.1 Å². The Morgan fingerprint density at radius 3 is 2.58 bits per heavy atom. The molecule has 0 amide bonds. The van der Waals surface area contributed by atoms with Crippen molar-refractivity contribution in [1.82, 2.24) is 0 Å². The largest absolute Gasteiger partial charge is 0.458 e. The average molecular weight is 331 g/mol. The van der Waals surface area contributed by atoms with Crippen LogP contribution in [-0.2, 0) is 9.53 Å². The number of hydrogen-bond acceptors (Lipinski definition) is 2. The van der Waals surface area contributed by atoms with Crippen LogP contribution in [0, 0.1) is 23.7 Å². The van der Waals surface area contributed by atoms with Gasteiger partial charge in [0.25, 0.3) is 0 Å². The number of carbonyl (C=O) groups excluding carboxylic acids is 1. The van der Waals surface area contributed by atoms with Crippen LogP contribution in [0.4, 0.5) is 0 Å². The van der Waals surface area contributed by atoms with Crippen molar-refractivity contribution in [3.05, 3.63) is 0 Å². The lowest BCUT2D eigenvalue weighted by atomic mass is 9.56. The highest BCUT2D eigenvalue weighted by molar-refractivity contribution is 9.09. The molecule has 5 unspecified atom stereocenters. The van der Waals surface area contributed by atoms with Crippen molar-refractivity contribution < 1.29 is 9.53 Å². The van der Waals surface area contributed by atoms with Crippen LogP contribution < -0.4 is 0 Å². The van der Waals surface area contributed by atoms with Gasteiger partial charge in [0.05, 0.1) is 0 Å². The first-order valence-corrected chi connectivity index (χ1v) is 8.95. The molecule has 0 aromatic rings. The molecule has 0 spiro atoms. The molecule has 2 rings (SSSR count). The molecule has 110 valence electrons. The molecule has 0 aromatic heterocycles. The van der Waals surface area contributed by atoms with Gasteiger partial charge in [-0.1, -0.05) is 43.1 Å². The Hall–Kier alpha value is -0.0500. The molecule has 0 N–H and O–H groups in total. The lowest BCUT2D eigenvalue weighted by Gasteiger charge is -2.53. The van der Waals surface area contributed by atoms with Gasteiger partial charge in [0.2, 0.25) is 0 Å². The van der Waals surface area contributed by atoms with Crippen LogP contribution in [0.1, 0.15) is 59.3 Å². The second kappa shape index (κ2) is 6.15. The van der Waals surface area contributed by atoms with Crippen molar-refractivity contribution in [1.29, 1.82) is 0 Å². The molecular formula is C16H27BrO2. The zero-order valence-electron chi connectivity index (χ0n) is 12.5. The van der Waals surface area contributed by atoms with Crippen LogP contribution >= 0.6 is 15.9 Å². The number of fused-ring (bicyclic) bond motifs is 2. The molecule has 2 bridgehead atoms. The molecule has 0 heterocycles. The molecular weight excluding hydrogens is 304 g/mol. The number of rotatable bonds is 4. The molecule has 5 atom stereocenters.